The van der Waals surface area contributed by atoms with E-state index in [4.69, 9.17) is 0 Å². The molecule has 0 N–H and O–H groups in total. The Balaban J connectivity index is 2.61. The van der Waals surface area contributed by atoms with Crippen molar-refractivity contribution in [3.8, 4) is 0 Å². The van der Waals surface area contributed by atoms with Crippen LogP contribution in [-0.4, -0.2) is 6.29 Å². The lowest BCUT2D eigenvalue weighted by molar-refractivity contribution is -0.104. The number of carbonyl (C=O) groups is 1. The summed E-state index contributed by atoms with van der Waals surface area (Å²) in [6.45, 7) is 19.3. The molecular formula is C40H52O. The van der Waals surface area contributed by atoms with Gasteiger partial charge in [-0.25, -0.2) is 0 Å². The maximum Gasteiger partial charge on any atom is 0.145 e. The van der Waals surface area contributed by atoms with Crippen molar-refractivity contribution < 1.29 is 4.79 Å². The van der Waals surface area contributed by atoms with Crippen LogP contribution in [0.5, 0.6) is 0 Å². The zero-order chi connectivity index (χ0) is 30.7. The van der Waals surface area contributed by atoms with Crippen LogP contribution >= 0.6 is 0 Å². The highest BCUT2D eigenvalue weighted by Crippen LogP contribution is 2.40. The summed E-state index contributed by atoms with van der Waals surface area (Å²) in [4.78, 5) is 10.6. The molecule has 1 aliphatic rings. The van der Waals surface area contributed by atoms with E-state index in [1.54, 1.807) is 13.0 Å². The van der Waals surface area contributed by atoms with Crippen LogP contribution in [0.25, 0.3) is 0 Å². The molecule has 1 rings (SSSR count). The van der Waals surface area contributed by atoms with Crippen molar-refractivity contribution in [3.63, 3.8) is 0 Å². The zero-order valence-electron chi connectivity index (χ0n) is 27.0. The standard InChI is InChI=1S/C40H52O/c1-32(19-12-21-34(3)22-13-23-35(4)24-15-26-37(6)31-41)17-10-11-18-33(2)20-14-25-36(5)28-29-39-38(7)27-16-30-40(39,8)9/h10-15,17-26,28-29,31H,16,27,30H2,1-9H3/b11-10+,19-12+,20-14+,22-13+,24-15+,29-28+,32-17+,33-18+,34-21+,35-23+,36-25+,37-26?. The fourth-order valence-electron chi connectivity index (χ4n) is 4.36. The van der Waals surface area contributed by atoms with Crippen molar-refractivity contribution in [3.05, 3.63) is 154 Å². The Bertz CT molecular complexity index is 1280. The fraction of sp³-hybridized carbons (Fsp3) is 0.325. The van der Waals surface area contributed by atoms with E-state index in [1.807, 2.05) is 31.2 Å². The summed E-state index contributed by atoms with van der Waals surface area (Å²) in [6.07, 6.45) is 42.2. The summed E-state index contributed by atoms with van der Waals surface area (Å²) in [6, 6.07) is 0. The van der Waals surface area contributed by atoms with Crippen molar-refractivity contribution in [2.24, 2.45) is 5.41 Å². The maximum atomic E-state index is 10.6. The highest BCUT2D eigenvalue weighted by atomic mass is 16.1. The van der Waals surface area contributed by atoms with E-state index in [2.05, 4.69) is 127 Å². The molecule has 0 aromatic heterocycles. The molecule has 1 aliphatic carbocycles. The van der Waals surface area contributed by atoms with Crippen molar-refractivity contribution in [1.29, 1.82) is 0 Å². The Kier molecular flexibility index (Phi) is 16.7. The van der Waals surface area contributed by atoms with Gasteiger partial charge in [0, 0.05) is 0 Å². The van der Waals surface area contributed by atoms with Crippen LogP contribution in [0.15, 0.2) is 154 Å². The lowest BCUT2D eigenvalue weighted by atomic mass is 9.72. The van der Waals surface area contributed by atoms with E-state index in [0.717, 1.165) is 11.9 Å². The molecule has 41 heavy (non-hydrogen) atoms. The third-order valence-electron chi connectivity index (χ3n) is 6.94. The highest BCUT2D eigenvalue weighted by molar-refractivity contribution is 5.72. The fourth-order valence-corrected chi connectivity index (χ4v) is 4.36. The topological polar surface area (TPSA) is 17.1 Å². The van der Waals surface area contributed by atoms with Crippen LogP contribution in [0, 0.1) is 5.41 Å². The summed E-state index contributed by atoms with van der Waals surface area (Å²) >= 11 is 0. The minimum Gasteiger partial charge on any atom is -0.298 e. The molecule has 0 aromatic carbocycles. The van der Waals surface area contributed by atoms with Crippen LogP contribution in [0.3, 0.4) is 0 Å². The molecule has 0 aliphatic heterocycles. The van der Waals surface area contributed by atoms with Crippen molar-refractivity contribution in [2.75, 3.05) is 0 Å². The van der Waals surface area contributed by atoms with Gasteiger partial charge in [-0.3, -0.25) is 4.79 Å². The molecule has 0 spiro atoms. The Hall–Kier alpha value is -3.71. The predicted octanol–water partition coefficient (Wildman–Crippen LogP) is 11.7. The first-order valence-electron chi connectivity index (χ1n) is 14.7. The summed E-state index contributed by atoms with van der Waals surface area (Å²) in [5.74, 6) is 0. The Morgan fingerprint density at radius 1 is 0.561 bits per heavy atom. The molecule has 1 heteroatoms. The smallest absolute Gasteiger partial charge is 0.145 e. The molecule has 1 nitrogen and oxygen atoms in total. The first-order chi connectivity index (χ1) is 19.4. The van der Waals surface area contributed by atoms with Crippen molar-refractivity contribution in [2.45, 2.75) is 81.6 Å². The number of hydrogen-bond donors (Lipinski definition) is 0. The van der Waals surface area contributed by atoms with Gasteiger partial charge in [0.05, 0.1) is 0 Å². The second-order valence-corrected chi connectivity index (χ2v) is 11.7. The van der Waals surface area contributed by atoms with Crippen molar-refractivity contribution >= 4 is 6.29 Å². The first-order valence-corrected chi connectivity index (χ1v) is 14.7. The lowest BCUT2D eigenvalue weighted by Gasteiger charge is -2.32. The van der Waals surface area contributed by atoms with Gasteiger partial charge < -0.3 is 0 Å². The van der Waals surface area contributed by atoms with Crippen LogP contribution < -0.4 is 0 Å². The summed E-state index contributed by atoms with van der Waals surface area (Å²) in [7, 11) is 0. The molecule has 0 saturated carbocycles. The second kappa shape index (κ2) is 19.4. The minimum absolute atomic E-state index is 0.281. The third kappa shape index (κ3) is 16.2. The van der Waals surface area contributed by atoms with Crippen molar-refractivity contribution in [1.82, 2.24) is 0 Å². The van der Waals surface area contributed by atoms with Gasteiger partial charge in [0.2, 0.25) is 0 Å². The Labute approximate surface area is 251 Å². The number of rotatable bonds is 13. The van der Waals surface area contributed by atoms with Gasteiger partial charge >= 0.3 is 0 Å². The molecule has 0 heterocycles. The van der Waals surface area contributed by atoms with Gasteiger partial charge in [-0.2, -0.15) is 0 Å². The van der Waals surface area contributed by atoms with Crippen LogP contribution in [0.4, 0.5) is 0 Å². The summed E-state index contributed by atoms with van der Waals surface area (Å²) in [5.41, 5.74) is 9.98. The maximum absolute atomic E-state index is 10.6. The van der Waals surface area contributed by atoms with E-state index < -0.39 is 0 Å². The van der Waals surface area contributed by atoms with E-state index in [-0.39, 0.29) is 5.41 Å². The van der Waals surface area contributed by atoms with E-state index in [0.29, 0.717) is 5.57 Å². The van der Waals surface area contributed by atoms with Gasteiger partial charge in [0.15, 0.2) is 0 Å². The third-order valence-corrected chi connectivity index (χ3v) is 6.94. The largest absolute Gasteiger partial charge is 0.298 e. The molecular weight excluding hydrogens is 496 g/mol. The number of hydrogen-bond acceptors (Lipinski definition) is 1. The molecule has 0 saturated heterocycles. The SMILES string of the molecule is CC(C=O)=C/C=C/C(C)=C/C=C/C(C)=C/C=C/C(C)=C/C=C/C=C(C)/C=C/C=C(C)/C=C/C1=C(C)CCCC1(C)C. The molecule has 218 valence electrons. The van der Waals surface area contributed by atoms with Crippen LogP contribution in [0.1, 0.15) is 81.6 Å². The number of carbonyl (C=O) groups excluding carboxylic acids is 1. The van der Waals surface area contributed by atoms with E-state index >= 15 is 0 Å². The number of aldehydes is 1. The summed E-state index contributed by atoms with van der Waals surface area (Å²) < 4.78 is 0. The summed E-state index contributed by atoms with van der Waals surface area (Å²) in [5, 5.41) is 0. The number of allylic oxidation sites excluding steroid dienone is 26. The quantitative estimate of drug-likeness (QED) is 0.127. The molecule has 0 amide bonds. The average Bonchev–Trinajstić information content (AvgIpc) is 2.90. The first kappa shape index (κ1) is 35.3. The van der Waals surface area contributed by atoms with Gasteiger partial charge in [-0.1, -0.05) is 157 Å². The monoisotopic (exact) mass is 548 g/mol. The lowest BCUT2D eigenvalue weighted by Crippen LogP contribution is -2.19. The van der Waals surface area contributed by atoms with Gasteiger partial charge in [0.1, 0.15) is 6.29 Å². The van der Waals surface area contributed by atoms with E-state index in [9.17, 15) is 4.79 Å². The average molecular weight is 549 g/mol. The zero-order valence-corrected chi connectivity index (χ0v) is 27.0. The predicted molar refractivity (Wildman–Crippen MR) is 184 cm³/mol. The second-order valence-electron chi connectivity index (χ2n) is 11.7. The highest BCUT2D eigenvalue weighted by Gasteiger charge is 2.26. The molecule has 0 fully saturated rings. The Morgan fingerprint density at radius 3 is 1.32 bits per heavy atom. The molecule has 0 radical (unpaired) electrons. The van der Waals surface area contributed by atoms with Crippen LogP contribution in [0.2, 0.25) is 0 Å². The van der Waals surface area contributed by atoms with Gasteiger partial charge in [0.25, 0.3) is 0 Å². The Morgan fingerprint density at radius 2 is 0.927 bits per heavy atom. The molecule has 0 unspecified atom stereocenters. The minimum atomic E-state index is 0.281. The normalized spacial score (nSPS) is 19.0. The van der Waals surface area contributed by atoms with E-state index in [1.165, 1.54) is 52.7 Å². The van der Waals surface area contributed by atoms with Gasteiger partial charge in [-0.15, -0.1) is 0 Å². The molecule has 0 atom stereocenters. The van der Waals surface area contributed by atoms with Crippen LogP contribution in [-0.2, 0) is 4.79 Å². The van der Waals surface area contributed by atoms with Gasteiger partial charge in [-0.05, 0) is 84.3 Å². The molecule has 0 aromatic rings. The molecule has 0 bridgehead atoms.